The minimum atomic E-state index is -0.255. The summed E-state index contributed by atoms with van der Waals surface area (Å²) in [5.41, 5.74) is 2.52. The average Bonchev–Trinajstić information content (AvgIpc) is 3.13. The molecule has 7 heteroatoms. The molecule has 0 spiro atoms. The predicted molar refractivity (Wildman–Crippen MR) is 103 cm³/mol. The van der Waals surface area contributed by atoms with Crippen LogP contribution in [0.4, 0.5) is 5.82 Å². The number of aromatic nitrogens is 4. The van der Waals surface area contributed by atoms with Crippen LogP contribution >= 0.6 is 0 Å². The number of rotatable bonds is 4. The number of carbonyl (C=O) groups is 1. The molecule has 7 nitrogen and oxygen atoms in total. The number of ether oxygens (including phenoxy) is 1. The molecule has 0 atom stereocenters. The van der Waals surface area contributed by atoms with Crippen molar-refractivity contribution in [3.63, 3.8) is 0 Å². The van der Waals surface area contributed by atoms with E-state index in [4.69, 9.17) is 4.74 Å². The summed E-state index contributed by atoms with van der Waals surface area (Å²) in [5.74, 6) is 0.617. The maximum atomic E-state index is 12.4. The van der Waals surface area contributed by atoms with Gasteiger partial charge in [-0.05, 0) is 35.7 Å². The molecule has 1 aromatic carbocycles. The molecule has 0 bridgehead atoms. The van der Waals surface area contributed by atoms with Crippen LogP contribution in [0.5, 0.6) is 5.88 Å². The summed E-state index contributed by atoms with van der Waals surface area (Å²) >= 11 is 0. The van der Waals surface area contributed by atoms with Crippen molar-refractivity contribution in [2.24, 2.45) is 7.05 Å². The smallest absolute Gasteiger partial charge is 0.256 e. The Morgan fingerprint density at radius 1 is 1.11 bits per heavy atom. The summed E-state index contributed by atoms with van der Waals surface area (Å²) in [6, 6.07) is 11.1. The van der Waals surface area contributed by atoms with Crippen LogP contribution in [-0.4, -0.2) is 32.5 Å². The van der Waals surface area contributed by atoms with Crippen molar-refractivity contribution in [1.29, 1.82) is 0 Å². The molecule has 0 aliphatic carbocycles. The maximum Gasteiger partial charge on any atom is 0.256 e. The number of anilines is 1. The third-order valence-electron chi connectivity index (χ3n) is 4.29. The summed E-state index contributed by atoms with van der Waals surface area (Å²) in [5, 5.41) is 4.59. The fourth-order valence-electron chi connectivity index (χ4n) is 2.93. The lowest BCUT2D eigenvalue weighted by atomic mass is 10.1. The second kappa shape index (κ2) is 6.87. The van der Waals surface area contributed by atoms with Crippen LogP contribution in [-0.2, 0) is 7.05 Å². The van der Waals surface area contributed by atoms with Gasteiger partial charge in [-0.2, -0.15) is 4.98 Å². The first-order valence-corrected chi connectivity index (χ1v) is 8.32. The summed E-state index contributed by atoms with van der Waals surface area (Å²) in [6.45, 7) is 0. The number of fused-ring (bicyclic) bond motifs is 1. The van der Waals surface area contributed by atoms with Gasteiger partial charge in [0, 0.05) is 36.0 Å². The van der Waals surface area contributed by atoms with Crippen molar-refractivity contribution in [3.8, 4) is 17.1 Å². The van der Waals surface area contributed by atoms with Crippen LogP contribution in [0.25, 0.3) is 22.0 Å². The molecular formula is C20H17N5O2. The van der Waals surface area contributed by atoms with Gasteiger partial charge in [0.2, 0.25) is 5.88 Å². The largest absolute Gasteiger partial charge is 0.480 e. The molecule has 134 valence electrons. The third-order valence-corrected chi connectivity index (χ3v) is 4.29. The number of nitrogens with one attached hydrogen (secondary N) is 1. The molecule has 0 aliphatic rings. The molecule has 0 unspecified atom stereocenters. The molecule has 0 aliphatic heterocycles. The van der Waals surface area contributed by atoms with Crippen LogP contribution < -0.4 is 10.1 Å². The second-order valence-corrected chi connectivity index (χ2v) is 6.03. The van der Waals surface area contributed by atoms with E-state index in [0.29, 0.717) is 17.3 Å². The van der Waals surface area contributed by atoms with Crippen LogP contribution in [0.15, 0.2) is 61.3 Å². The molecule has 1 amide bonds. The number of amides is 1. The molecule has 0 fully saturated rings. The van der Waals surface area contributed by atoms with Gasteiger partial charge < -0.3 is 14.6 Å². The lowest BCUT2D eigenvalue weighted by molar-refractivity contribution is 0.102. The quantitative estimate of drug-likeness (QED) is 0.605. The first-order chi connectivity index (χ1) is 13.2. The van der Waals surface area contributed by atoms with Gasteiger partial charge in [-0.15, -0.1) is 0 Å². The minimum absolute atomic E-state index is 0.255. The first kappa shape index (κ1) is 16.7. The summed E-state index contributed by atoms with van der Waals surface area (Å²) in [6.07, 6.45) is 6.71. The van der Waals surface area contributed by atoms with Gasteiger partial charge in [0.1, 0.15) is 5.82 Å². The number of benzene rings is 1. The number of carbonyl (C=O) groups excluding carboxylic acids is 1. The number of nitrogens with zero attached hydrogens (tertiary/aromatic N) is 4. The maximum absolute atomic E-state index is 12.4. The number of hydrogen-bond donors (Lipinski definition) is 1. The van der Waals surface area contributed by atoms with Crippen molar-refractivity contribution >= 4 is 22.5 Å². The highest BCUT2D eigenvalue weighted by molar-refractivity contribution is 6.05. The topological polar surface area (TPSA) is 81.9 Å². The monoisotopic (exact) mass is 359 g/mol. The molecule has 3 aromatic heterocycles. The highest BCUT2D eigenvalue weighted by Gasteiger charge is 2.12. The average molecular weight is 359 g/mol. The van der Waals surface area contributed by atoms with E-state index in [1.54, 1.807) is 38.0 Å². The fourth-order valence-corrected chi connectivity index (χ4v) is 2.93. The Hall–Kier alpha value is -3.74. The van der Waals surface area contributed by atoms with Gasteiger partial charge in [0.05, 0.1) is 25.3 Å². The summed E-state index contributed by atoms with van der Waals surface area (Å²) in [7, 11) is 3.51. The van der Waals surface area contributed by atoms with Gasteiger partial charge in [0.25, 0.3) is 5.91 Å². The third kappa shape index (κ3) is 3.22. The zero-order chi connectivity index (χ0) is 18.8. The van der Waals surface area contributed by atoms with Crippen molar-refractivity contribution in [1.82, 2.24) is 19.5 Å². The normalized spacial score (nSPS) is 10.7. The molecular weight excluding hydrogens is 342 g/mol. The zero-order valence-electron chi connectivity index (χ0n) is 14.9. The van der Waals surface area contributed by atoms with E-state index in [1.165, 1.54) is 0 Å². The molecule has 1 N–H and O–H groups in total. The van der Waals surface area contributed by atoms with E-state index >= 15 is 0 Å². The van der Waals surface area contributed by atoms with E-state index in [2.05, 4.69) is 20.3 Å². The van der Waals surface area contributed by atoms with Crippen molar-refractivity contribution in [2.45, 2.75) is 0 Å². The Balaban J connectivity index is 1.75. The first-order valence-electron chi connectivity index (χ1n) is 8.32. The Labute approximate surface area is 155 Å². The Morgan fingerprint density at radius 3 is 2.63 bits per heavy atom. The number of hydrogen-bond acceptors (Lipinski definition) is 5. The Bertz CT molecular complexity index is 1120. The minimum Gasteiger partial charge on any atom is -0.480 e. The van der Waals surface area contributed by atoms with Gasteiger partial charge in [0.15, 0.2) is 0 Å². The van der Waals surface area contributed by atoms with Gasteiger partial charge in [-0.3, -0.25) is 9.78 Å². The van der Waals surface area contributed by atoms with Crippen LogP contribution in [0.1, 0.15) is 10.4 Å². The summed E-state index contributed by atoms with van der Waals surface area (Å²) < 4.78 is 7.37. The number of aryl methyl sites for hydroxylation is 1. The lowest BCUT2D eigenvalue weighted by Crippen LogP contribution is -2.13. The van der Waals surface area contributed by atoms with E-state index in [9.17, 15) is 4.79 Å². The van der Waals surface area contributed by atoms with E-state index in [1.807, 2.05) is 42.1 Å². The number of imidazole rings is 1. The lowest BCUT2D eigenvalue weighted by Gasteiger charge is -2.11. The molecule has 0 radical (unpaired) electrons. The van der Waals surface area contributed by atoms with Gasteiger partial charge in [-0.25, -0.2) is 4.98 Å². The number of methoxy groups -OCH3 is 1. The predicted octanol–water partition coefficient (Wildman–Crippen LogP) is 3.29. The molecule has 4 rings (SSSR count). The van der Waals surface area contributed by atoms with E-state index in [0.717, 1.165) is 22.0 Å². The van der Waals surface area contributed by atoms with Crippen molar-refractivity contribution in [3.05, 3.63) is 66.9 Å². The van der Waals surface area contributed by atoms with Gasteiger partial charge >= 0.3 is 0 Å². The van der Waals surface area contributed by atoms with Crippen LogP contribution in [0.2, 0.25) is 0 Å². The second-order valence-electron chi connectivity index (χ2n) is 6.03. The van der Waals surface area contributed by atoms with Crippen molar-refractivity contribution < 1.29 is 9.53 Å². The molecule has 3 heterocycles. The SMILES string of the molecule is COc1nc(NC(=O)c2ccncc2)cc2cc(-c3cncn3C)ccc12. The van der Waals surface area contributed by atoms with Gasteiger partial charge in [-0.1, -0.05) is 6.07 Å². The molecule has 27 heavy (non-hydrogen) atoms. The number of pyridine rings is 2. The van der Waals surface area contributed by atoms with E-state index in [-0.39, 0.29) is 5.91 Å². The van der Waals surface area contributed by atoms with Crippen LogP contribution in [0, 0.1) is 0 Å². The zero-order valence-corrected chi connectivity index (χ0v) is 14.9. The molecule has 0 saturated heterocycles. The highest BCUT2D eigenvalue weighted by Crippen LogP contribution is 2.30. The molecule has 4 aromatic rings. The van der Waals surface area contributed by atoms with E-state index < -0.39 is 0 Å². The fraction of sp³-hybridized carbons (Fsp3) is 0.100. The molecule has 0 saturated carbocycles. The Kier molecular flexibility index (Phi) is 4.25. The summed E-state index contributed by atoms with van der Waals surface area (Å²) in [4.78, 5) is 24.9. The standard InChI is InChI=1S/C20H17N5O2/c1-25-12-22-11-17(25)14-3-4-16-15(9-14)10-18(24-20(16)27-2)23-19(26)13-5-7-21-8-6-13/h3-12H,1-2H3,(H,23,24,26). The Morgan fingerprint density at radius 2 is 1.93 bits per heavy atom. The highest BCUT2D eigenvalue weighted by atomic mass is 16.5. The van der Waals surface area contributed by atoms with Crippen LogP contribution in [0.3, 0.4) is 0 Å². The van der Waals surface area contributed by atoms with Crippen molar-refractivity contribution in [2.75, 3.05) is 12.4 Å².